The highest BCUT2D eigenvalue weighted by atomic mass is 32.2. The smallest absolute Gasteiger partial charge is 0.0256 e. The SMILES string of the molecule is Cc1cc(C)c(CNCC2(C)CCCS2)cc1C. The molecule has 1 unspecified atom stereocenters. The molecule has 1 aromatic rings. The first kappa shape index (κ1) is 14.0. The van der Waals surface area contributed by atoms with Crippen molar-refractivity contribution < 1.29 is 0 Å². The number of benzene rings is 1. The fourth-order valence-electron chi connectivity index (χ4n) is 2.65. The van der Waals surface area contributed by atoms with Crippen molar-refractivity contribution in [3.05, 3.63) is 34.4 Å². The lowest BCUT2D eigenvalue weighted by atomic mass is 10.0. The van der Waals surface area contributed by atoms with Gasteiger partial charge in [0.2, 0.25) is 0 Å². The van der Waals surface area contributed by atoms with Gasteiger partial charge in [-0.1, -0.05) is 12.1 Å². The number of rotatable bonds is 4. The first-order valence-corrected chi connectivity index (χ1v) is 7.90. The third-order valence-corrected chi connectivity index (χ3v) is 5.61. The van der Waals surface area contributed by atoms with Crippen molar-refractivity contribution in [1.82, 2.24) is 5.32 Å². The minimum Gasteiger partial charge on any atom is -0.311 e. The van der Waals surface area contributed by atoms with Crippen LogP contribution in [0.4, 0.5) is 0 Å². The molecule has 1 saturated heterocycles. The molecular weight excluding hydrogens is 238 g/mol. The van der Waals surface area contributed by atoms with Crippen molar-refractivity contribution in [2.45, 2.75) is 51.8 Å². The zero-order valence-electron chi connectivity index (χ0n) is 12.1. The van der Waals surface area contributed by atoms with Crippen LogP contribution in [0, 0.1) is 20.8 Å². The molecule has 1 atom stereocenters. The Morgan fingerprint density at radius 1 is 1.17 bits per heavy atom. The zero-order chi connectivity index (χ0) is 13.2. The largest absolute Gasteiger partial charge is 0.311 e. The van der Waals surface area contributed by atoms with Crippen LogP contribution in [0.25, 0.3) is 0 Å². The molecule has 18 heavy (non-hydrogen) atoms. The van der Waals surface area contributed by atoms with Gasteiger partial charge in [0.1, 0.15) is 0 Å². The summed E-state index contributed by atoms with van der Waals surface area (Å²) in [5, 5.41) is 3.65. The number of thioether (sulfide) groups is 1. The van der Waals surface area contributed by atoms with Crippen molar-refractivity contribution in [2.24, 2.45) is 0 Å². The van der Waals surface area contributed by atoms with Gasteiger partial charge < -0.3 is 5.32 Å². The Morgan fingerprint density at radius 3 is 2.56 bits per heavy atom. The normalized spacial score (nSPS) is 23.6. The Labute approximate surface area is 116 Å². The molecule has 1 heterocycles. The van der Waals surface area contributed by atoms with E-state index >= 15 is 0 Å². The van der Waals surface area contributed by atoms with E-state index in [9.17, 15) is 0 Å². The van der Waals surface area contributed by atoms with Crippen molar-refractivity contribution >= 4 is 11.8 Å². The Balaban J connectivity index is 1.92. The van der Waals surface area contributed by atoms with E-state index in [1.165, 1.54) is 40.8 Å². The Morgan fingerprint density at radius 2 is 1.89 bits per heavy atom. The molecule has 100 valence electrons. The summed E-state index contributed by atoms with van der Waals surface area (Å²) in [5.74, 6) is 1.33. The van der Waals surface area contributed by atoms with Crippen LogP contribution in [0.1, 0.15) is 42.0 Å². The highest BCUT2D eigenvalue weighted by Gasteiger charge is 2.28. The maximum atomic E-state index is 3.65. The van der Waals surface area contributed by atoms with Gasteiger partial charge in [-0.15, -0.1) is 0 Å². The van der Waals surface area contributed by atoms with Crippen LogP contribution in [0.5, 0.6) is 0 Å². The van der Waals surface area contributed by atoms with Crippen LogP contribution in [0.2, 0.25) is 0 Å². The number of nitrogens with one attached hydrogen (secondary N) is 1. The molecule has 0 radical (unpaired) electrons. The van der Waals surface area contributed by atoms with E-state index in [2.05, 4.69) is 56.9 Å². The van der Waals surface area contributed by atoms with E-state index < -0.39 is 0 Å². The summed E-state index contributed by atoms with van der Waals surface area (Å²) in [5.41, 5.74) is 5.66. The predicted molar refractivity (Wildman–Crippen MR) is 82.5 cm³/mol. The van der Waals surface area contributed by atoms with E-state index in [1.54, 1.807) is 0 Å². The van der Waals surface area contributed by atoms with Crippen molar-refractivity contribution in [3.63, 3.8) is 0 Å². The summed E-state index contributed by atoms with van der Waals surface area (Å²) in [6, 6.07) is 4.64. The van der Waals surface area contributed by atoms with Gasteiger partial charge in [0.15, 0.2) is 0 Å². The Bertz CT molecular complexity index is 419. The molecule has 0 saturated carbocycles. The zero-order valence-corrected chi connectivity index (χ0v) is 12.9. The van der Waals surface area contributed by atoms with Gasteiger partial charge in [-0.2, -0.15) is 11.8 Å². The van der Waals surface area contributed by atoms with Gasteiger partial charge in [-0.05, 0) is 68.5 Å². The molecule has 1 aromatic carbocycles. The van der Waals surface area contributed by atoms with Gasteiger partial charge in [0.25, 0.3) is 0 Å². The van der Waals surface area contributed by atoms with E-state index in [-0.39, 0.29) is 0 Å². The summed E-state index contributed by atoms with van der Waals surface area (Å²) in [7, 11) is 0. The van der Waals surface area contributed by atoms with Crippen molar-refractivity contribution in [3.8, 4) is 0 Å². The van der Waals surface area contributed by atoms with Crippen LogP contribution in [0.3, 0.4) is 0 Å². The maximum absolute atomic E-state index is 3.65. The molecule has 0 aromatic heterocycles. The standard InChI is InChI=1S/C16H25NS/c1-12-8-14(3)15(9-13(12)2)10-17-11-16(4)6-5-7-18-16/h8-9,17H,5-7,10-11H2,1-4H3. The summed E-state index contributed by atoms with van der Waals surface area (Å²) >= 11 is 2.13. The molecular formula is C16H25NS. The van der Waals surface area contributed by atoms with E-state index in [0.717, 1.165) is 13.1 Å². The number of hydrogen-bond donors (Lipinski definition) is 1. The lowest BCUT2D eigenvalue weighted by molar-refractivity contribution is 0.536. The van der Waals surface area contributed by atoms with Gasteiger partial charge in [-0.3, -0.25) is 0 Å². The lowest BCUT2D eigenvalue weighted by Gasteiger charge is -2.23. The van der Waals surface area contributed by atoms with Gasteiger partial charge in [-0.25, -0.2) is 0 Å². The summed E-state index contributed by atoms with van der Waals surface area (Å²) in [6.45, 7) is 11.1. The van der Waals surface area contributed by atoms with E-state index in [1.807, 2.05) is 0 Å². The molecule has 2 heteroatoms. The monoisotopic (exact) mass is 263 g/mol. The van der Waals surface area contributed by atoms with E-state index in [4.69, 9.17) is 0 Å². The molecule has 1 N–H and O–H groups in total. The molecule has 1 aliphatic heterocycles. The quantitative estimate of drug-likeness (QED) is 0.881. The van der Waals surface area contributed by atoms with Gasteiger partial charge in [0, 0.05) is 17.8 Å². The third kappa shape index (κ3) is 3.30. The third-order valence-electron chi connectivity index (χ3n) is 4.07. The average molecular weight is 263 g/mol. The second-order valence-corrected chi connectivity index (χ2v) is 7.55. The maximum Gasteiger partial charge on any atom is 0.0256 e. The summed E-state index contributed by atoms with van der Waals surface area (Å²) in [6.07, 6.45) is 2.74. The van der Waals surface area contributed by atoms with Crippen LogP contribution >= 0.6 is 11.8 Å². The second-order valence-electron chi connectivity index (χ2n) is 5.87. The summed E-state index contributed by atoms with van der Waals surface area (Å²) < 4.78 is 0.466. The molecule has 0 amide bonds. The fraction of sp³-hybridized carbons (Fsp3) is 0.625. The molecule has 0 aliphatic carbocycles. The first-order valence-electron chi connectivity index (χ1n) is 6.92. The van der Waals surface area contributed by atoms with Gasteiger partial charge in [0.05, 0.1) is 0 Å². The Kier molecular flexibility index (Phi) is 4.39. The van der Waals surface area contributed by atoms with Crippen molar-refractivity contribution in [2.75, 3.05) is 12.3 Å². The highest BCUT2D eigenvalue weighted by molar-refractivity contribution is 8.00. The molecule has 0 bridgehead atoms. The van der Waals surface area contributed by atoms with Crippen LogP contribution < -0.4 is 5.32 Å². The second kappa shape index (κ2) is 5.66. The van der Waals surface area contributed by atoms with Gasteiger partial charge >= 0.3 is 0 Å². The molecule has 1 fully saturated rings. The minimum absolute atomic E-state index is 0.466. The van der Waals surface area contributed by atoms with Crippen LogP contribution in [0.15, 0.2) is 12.1 Å². The number of aryl methyl sites for hydroxylation is 3. The van der Waals surface area contributed by atoms with Crippen molar-refractivity contribution in [1.29, 1.82) is 0 Å². The number of hydrogen-bond acceptors (Lipinski definition) is 2. The lowest BCUT2D eigenvalue weighted by Crippen LogP contribution is -2.32. The molecule has 2 rings (SSSR count). The Hall–Kier alpha value is -0.470. The van der Waals surface area contributed by atoms with Crippen LogP contribution in [-0.4, -0.2) is 17.0 Å². The summed E-state index contributed by atoms with van der Waals surface area (Å²) in [4.78, 5) is 0. The average Bonchev–Trinajstić information content (AvgIpc) is 2.73. The van der Waals surface area contributed by atoms with E-state index in [0.29, 0.717) is 4.75 Å². The molecule has 0 spiro atoms. The minimum atomic E-state index is 0.466. The highest BCUT2D eigenvalue weighted by Crippen LogP contribution is 2.37. The van der Waals surface area contributed by atoms with Crippen LogP contribution in [-0.2, 0) is 6.54 Å². The first-order chi connectivity index (χ1) is 8.50. The molecule has 1 aliphatic rings. The molecule has 1 nitrogen and oxygen atoms in total. The fourth-order valence-corrected chi connectivity index (χ4v) is 3.92. The topological polar surface area (TPSA) is 12.0 Å². The predicted octanol–water partition coefficient (Wildman–Crippen LogP) is 3.99.